The number of carbonyl (C=O) groups excluding carboxylic acids is 2. The fourth-order valence-corrected chi connectivity index (χ4v) is 2.54. The molecule has 0 aromatic heterocycles. The van der Waals surface area contributed by atoms with Gasteiger partial charge in [-0.25, -0.2) is 4.79 Å². The highest BCUT2D eigenvalue weighted by atomic mass is 35.5. The van der Waals surface area contributed by atoms with E-state index < -0.39 is 11.8 Å². The van der Waals surface area contributed by atoms with Gasteiger partial charge in [0.1, 0.15) is 5.76 Å². The Bertz CT molecular complexity index is 552. The Morgan fingerprint density at radius 3 is 2.60 bits per heavy atom. The Balaban J connectivity index is 3.16. The van der Waals surface area contributed by atoms with Gasteiger partial charge in [0, 0.05) is 26.8 Å². The molecule has 1 aromatic rings. The van der Waals surface area contributed by atoms with Crippen LogP contribution < -0.4 is 0 Å². The number of ether oxygens (including phenoxy) is 1. The SMILES string of the molecule is COC(=O)C(=O)/C=C(/O)c1cc(Cl)ccc1SC(C)C. The van der Waals surface area contributed by atoms with Gasteiger partial charge in [0.05, 0.1) is 7.11 Å². The predicted molar refractivity (Wildman–Crippen MR) is 80.1 cm³/mol. The van der Waals surface area contributed by atoms with Crippen LogP contribution in [0, 0.1) is 0 Å². The number of thioether (sulfide) groups is 1. The highest BCUT2D eigenvalue weighted by molar-refractivity contribution is 8.00. The minimum Gasteiger partial charge on any atom is -0.507 e. The lowest BCUT2D eigenvalue weighted by molar-refractivity contribution is -0.149. The Hall–Kier alpha value is -1.46. The number of hydrogen-bond acceptors (Lipinski definition) is 5. The molecule has 0 unspecified atom stereocenters. The van der Waals surface area contributed by atoms with E-state index in [4.69, 9.17) is 11.6 Å². The van der Waals surface area contributed by atoms with E-state index in [1.54, 1.807) is 18.2 Å². The van der Waals surface area contributed by atoms with E-state index in [2.05, 4.69) is 4.74 Å². The quantitative estimate of drug-likeness (QED) is 0.296. The monoisotopic (exact) mass is 314 g/mol. The highest BCUT2D eigenvalue weighted by Gasteiger charge is 2.15. The molecule has 0 amide bonds. The average Bonchev–Trinajstić information content (AvgIpc) is 2.39. The topological polar surface area (TPSA) is 63.6 Å². The lowest BCUT2D eigenvalue weighted by Crippen LogP contribution is -2.13. The van der Waals surface area contributed by atoms with Gasteiger partial charge in [-0.05, 0) is 18.2 Å². The maximum atomic E-state index is 11.4. The molecule has 0 aliphatic rings. The summed E-state index contributed by atoms with van der Waals surface area (Å²) in [5, 5.41) is 10.7. The molecule has 1 aromatic carbocycles. The van der Waals surface area contributed by atoms with Crippen molar-refractivity contribution in [1.29, 1.82) is 0 Å². The molecule has 0 radical (unpaired) electrons. The maximum absolute atomic E-state index is 11.4. The van der Waals surface area contributed by atoms with Gasteiger partial charge < -0.3 is 9.84 Å². The maximum Gasteiger partial charge on any atom is 0.378 e. The standard InChI is InChI=1S/C14H15ClO4S/c1-8(2)20-13-5-4-9(15)6-10(13)11(16)7-12(17)14(18)19-3/h4-8,16H,1-3H3/b11-7+. The highest BCUT2D eigenvalue weighted by Crippen LogP contribution is 2.32. The number of esters is 1. The molecule has 0 heterocycles. The average molecular weight is 315 g/mol. The van der Waals surface area contributed by atoms with Crippen molar-refractivity contribution in [1.82, 2.24) is 0 Å². The van der Waals surface area contributed by atoms with Crippen molar-refractivity contribution in [3.05, 3.63) is 34.9 Å². The first-order valence-corrected chi connectivity index (χ1v) is 7.10. The fourth-order valence-electron chi connectivity index (χ4n) is 1.42. The molecule has 20 heavy (non-hydrogen) atoms. The predicted octanol–water partition coefficient (Wildman–Crippen LogP) is 3.48. The van der Waals surface area contributed by atoms with Gasteiger partial charge in [0.15, 0.2) is 0 Å². The van der Waals surface area contributed by atoms with Crippen LogP contribution in [0.25, 0.3) is 5.76 Å². The molecule has 0 fully saturated rings. The lowest BCUT2D eigenvalue weighted by Gasteiger charge is -2.11. The smallest absolute Gasteiger partial charge is 0.378 e. The van der Waals surface area contributed by atoms with Crippen LogP contribution in [0.2, 0.25) is 5.02 Å². The Morgan fingerprint density at radius 1 is 1.40 bits per heavy atom. The van der Waals surface area contributed by atoms with E-state index in [0.29, 0.717) is 15.8 Å². The normalized spacial score (nSPS) is 11.6. The number of methoxy groups -OCH3 is 1. The zero-order chi connectivity index (χ0) is 15.3. The first-order chi connectivity index (χ1) is 9.35. The second kappa shape index (κ2) is 7.36. The number of halogens is 1. The number of ketones is 1. The van der Waals surface area contributed by atoms with Crippen molar-refractivity contribution in [2.24, 2.45) is 0 Å². The lowest BCUT2D eigenvalue weighted by atomic mass is 10.1. The first kappa shape index (κ1) is 16.6. The molecule has 1 N–H and O–H groups in total. The van der Waals surface area contributed by atoms with E-state index in [1.165, 1.54) is 11.8 Å². The van der Waals surface area contributed by atoms with Gasteiger partial charge in [0.2, 0.25) is 0 Å². The number of rotatable bonds is 5. The van der Waals surface area contributed by atoms with E-state index in [-0.39, 0.29) is 5.76 Å². The van der Waals surface area contributed by atoms with E-state index in [9.17, 15) is 14.7 Å². The van der Waals surface area contributed by atoms with Gasteiger partial charge in [-0.15, -0.1) is 11.8 Å². The molecule has 0 spiro atoms. The van der Waals surface area contributed by atoms with E-state index in [0.717, 1.165) is 18.1 Å². The Morgan fingerprint density at radius 2 is 2.05 bits per heavy atom. The van der Waals surface area contributed by atoms with Gasteiger partial charge in [-0.1, -0.05) is 25.4 Å². The van der Waals surface area contributed by atoms with Crippen LogP contribution in [-0.4, -0.2) is 29.2 Å². The summed E-state index contributed by atoms with van der Waals surface area (Å²) in [6.07, 6.45) is 0.835. The van der Waals surface area contributed by atoms with Crippen LogP contribution in [-0.2, 0) is 14.3 Å². The number of aliphatic hydroxyl groups is 1. The third kappa shape index (κ3) is 4.58. The molecule has 0 atom stereocenters. The molecule has 0 aliphatic heterocycles. The number of benzene rings is 1. The third-order valence-corrected chi connectivity index (χ3v) is 3.55. The molecule has 108 valence electrons. The largest absolute Gasteiger partial charge is 0.507 e. The fraction of sp³-hybridized carbons (Fsp3) is 0.286. The Kier molecular flexibility index (Phi) is 6.10. The molecule has 0 aliphatic carbocycles. The van der Waals surface area contributed by atoms with E-state index >= 15 is 0 Å². The molecule has 0 bridgehead atoms. The summed E-state index contributed by atoms with van der Waals surface area (Å²) in [6, 6.07) is 5.00. The van der Waals surface area contributed by atoms with Crippen molar-refractivity contribution in [3.63, 3.8) is 0 Å². The second-order valence-corrected chi connectivity index (χ2v) is 6.25. The van der Waals surface area contributed by atoms with Crippen molar-refractivity contribution < 1.29 is 19.4 Å². The van der Waals surface area contributed by atoms with Crippen LogP contribution in [0.4, 0.5) is 0 Å². The minimum atomic E-state index is -1.03. The van der Waals surface area contributed by atoms with Crippen molar-refractivity contribution in [2.45, 2.75) is 24.0 Å². The van der Waals surface area contributed by atoms with Crippen LogP contribution >= 0.6 is 23.4 Å². The second-order valence-electron chi connectivity index (χ2n) is 4.19. The van der Waals surface area contributed by atoms with Gasteiger partial charge in [-0.2, -0.15) is 0 Å². The molecular formula is C14H15ClO4S. The number of carbonyl (C=O) groups is 2. The molecule has 1 rings (SSSR count). The number of aliphatic hydroxyl groups excluding tert-OH is 1. The summed E-state index contributed by atoms with van der Waals surface area (Å²) in [5.74, 6) is -2.27. The first-order valence-electron chi connectivity index (χ1n) is 5.84. The van der Waals surface area contributed by atoms with Gasteiger partial charge in [0.25, 0.3) is 5.78 Å². The zero-order valence-electron chi connectivity index (χ0n) is 11.3. The van der Waals surface area contributed by atoms with Crippen LogP contribution in [0.15, 0.2) is 29.2 Å². The van der Waals surface area contributed by atoms with Crippen LogP contribution in [0.3, 0.4) is 0 Å². The molecule has 0 saturated heterocycles. The minimum absolute atomic E-state index is 0.291. The molecule has 6 heteroatoms. The van der Waals surface area contributed by atoms with Crippen molar-refractivity contribution in [2.75, 3.05) is 7.11 Å². The van der Waals surface area contributed by atoms with Gasteiger partial charge in [-0.3, -0.25) is 4.79 Å². The molecular weight excluding hydrogens is 300 g/mol. The zero-order valence-corrected chi connectivity index (χ0v) is 12.9. The van der Waals surface area contributed by atoms with E-state index in [1.807, 2.05) is 13.8 Å². The summed E-state index contributed by atoms with van der Waals surface area (Å²) in [4.78, 5) is 23.2. The molecule has 0 saturated carbocycles. The summed E-state index contributed by atoms with van der Waals surface area (Å²) >= 11 is 7.42. The van der Waals surface area contributed by atoms with Gasteiger partial charge >= 0.3 is 5.97 Å². The summed E-state index contributed by atoms with van der Waals surface area (Å²) < 4.78 is 4.29. The van der Waals surface area contributed by atoms with Crippen LogP contribution in [0.5, 0.6) is 0 Å². The summed E-state index contributed by atoms with van der Waals surface area (Å²) in [7, 11) is 1.10. The molecule has 4 nitrogen and oxygen atoms in total. The van der Waals surface area contributed by atoms with Crippen molar-refractivity contribution >= 4 is 40.9 Å². The number of hydrogen-bond donors (Lipinski definition) is 1. The van der Waals surface area contributed by atoms with Crippen molar-refractivity contribution in [3.8, 4) is 0 Å². The Labute approximate surface area is 126 Å². The third-order valence-electron chi connectivity index (χ3n) is 2.23. The van der Waals surface area contributed by atoms with Crippen LogP contribution in [0.1, 0.15) is 19.4 Å². The summed E-state index contributed by atoms with van der Waals surface area (Å²) in [5.41, 5.74) is 0.411. The summed E-state index contributed by atoms with van der Waals surface area (Å²) in [6.45, 7) is 4.01.